The van der Waals surface area contributed by atoms with E-state index in [-0.39, 0.29) is 30.2 Å². The zero-order valence-corrected chi connectivity index (χ0v) is 16.2. The molecule has 2 aliphatic rings. The lowest BCUT2D eigenvalue weighted by Crippen LogP contribution is -2.57. The maximum atomic E-state index is 13.4. The van der Waals surface area contributed by atoms with Crippen molar-refractivity contribution in [1.29, 1.82) is 0 Å². The Bertz CT molecular complexity index is 863. The fourth-order valence-corrected chi connectivity index (χ4v) is 4.33. The van der Waals surface area contributed by atoms with Gasteiger partial charge in [-0.1, -0.05) is 48.7 Å². The quantitative estimate of drug-likeness (QED) is 0.766. The minimum Gasteiger partial charge on any atom is -0.328 e. The molecule has 1 aliphatic carbocycles. The van der Waals surface area contributed by atoms with Gasteiger partial charge in [-0.3, -0.25) is 9.59 Å². The summed E-state index contributed by atoms with van der Waals surface area (Å²) in [6.45, 7) is 0.414. The summed E-state index contributed by atoms with van der Waals surface area (Å²) in [4.78, 5) is 29.8. The number of halogens is 2. The fraction of sp³-hybridized carbons (Fsp3) is 0.364. The van der Waals surface area contributed by atoms with Crippen LogP contribution in [0.5, 0.6) is 0 Å². The summed E-state index contributed by atoms with van der Waals surface area (Å²) in [6, 6.07) is 12.5. The van der Waals surface area contributed by atoms with Gasteiger partial charge >= 0.3 is 0 Å². The van der Waals surface area contributed by atoms with Crippen molar-refractivity contribution in [3.63, 3.8) is 0 Å². The lowest BCUT2D eigenvalue weighted by molar-refractivity contribution is -0.159. The van der Waals surface area contributed by atoms with Gasteiger partial charge in [0.1, 0.15) is 18.4 Å². The molecule has 1 aliphatic heterocycles. The summed E-state index contributed by atoms with van der Waals surface area (Å²) < 4.78 is 13.4. The number of hydrogen-bond acceptors (Lipinski definition) is 2. The van der Waals surface area contributed by atoms with Crippen LogP contribution in [0, 0.1) is 5.82 Å². The summed E-state index contributed by atoms with van der Waals surface area (Å²) in [6.07, 6.45) is 4.04. The van der Waals surface area contributed by atoms with Crippen LogP contribution in [-0.4, -0.2) is 34.2 Å². The van der Waals surface area contributed by atoms with Crippen LogP contribution in [0.25, 0.3) is 0 Å². The van der Waals surface area contributed by atoms with Gasteiger partial charge in [-0.05, 0) is 48.2 Å². The molecule has 1 heterocycles. The molecule has 4 nitrogen and oxygen atoms in total. The van der Waals surface area contributed by atoms with Crippen molar-refractivity contribution in [3.05, 3.63) is 70.5 Å². The molecule has 6 heteroatoms. The zero-order chi connectivity index (χ0) is 19.7. The molecule has 4 rings (SSSR count). The normalized spacial score (nSPS) is 20.9. The lowest BCUT2D eigenvalue weighted by Gasteiger charge is -2.43. The second kappa shape index (κ2) is 7.92. The molecule has 1 atom stereocenters. The topological polar surface area (TPSA) is 40.6 Å². The van der Waals surface area contributed by atoms with Crippen LogP contribution in [-0.2, 0) is 16.1 Å². The van der Waals surface area contributed by atoms with E-state index >= 15 is 0 Å². The third-order valence-electron chi connectivity index (χ3n) is 5.67. The number of piperazine rings is 1. The molecule has 0 radical (unpaired) electrons. The molecule has 28 heavy (non-hydrogen) atoms. The number of amides is 2. The second-order valence-electron chi connectivity index (χ2n) is 7.51. The molecule has 0 aromatic heterocycles. The summed E-state index contributed by atoms with van der Waals surface area (Å²) in [5.74, 6) is -0.530. The molecule has 2 aromatic rings. The standard InChI is InChI=1S/C22H22ClFN2O2/c23-17-9-5-15(6-10-17)13-26-20(27)14-25(19-3-1-2-4-19)22(28)21(26)16-7-11-18(24)12-8-16/h5-12,19,21H,1-4,13-14H2/t21-/m1/s1. The molecule has 0 N–H and O–H groups in total. The van der Waals surface area contributed by atoms with Crippen molar-refractivity contribution in [3.8, 4) is 0 Å². The number of carbonyl (C=O) groups excluding carboxylic acids is 2. The summed E-state index contributed by atoms with van der Waals surface area (Å²) in [7, 11) is 0. The highest BCUT2D eigenvalue weighted by Gasteiger charge is 2.43. The van der Waals surface area contributed by atoms with Gasteiger partial charge in [-0.2, -0.15) is 0 Å². The zero-order valence-electron chi connectivity index (χ0n) is 15.5. The van der Waals surface area contributed by atoms with Crippen molar-refractivity contribution in [2.24, 2.45) is 0 Å². The van der Waals surface area contributed by atoms with Crippen LogP contribution >= 0.6 is 11.6 Å². The smallest absolute Gasteiger partial charge is 0.250 e. The van der Waals surface area contributed by atoms with Gasteiger partial charge in [0.25, 0.3) is 5.91 Å². The molecule has 1 saturated heterocycles. The van der Waals surface area contributed by atoms with E-state index in [1.165, 1.54) is 12.1 Å². The average Bonchev–Trinajstić information content (AvgIpc) is 3.22. The van der Waals surface area contributed by atoms with Crippen molar-refractivity contribution < 1.29 is 14.0 Å². The van der Waals surface area contributed by atoms with Gasteiger partial charge in [-0.15, -0.1) is 0 Å². The summed E-state index contributed by atoms with van der Waals surface area (Å²) in [5.41, 5.74) is 1.53. The largest absolute Gasteiger partial charge is 0.328 e. The molecular weight excluding hydrogens is 379 g/mol. The van der Waals surface area contributed by atoms with E-state index in [1.807, 2.05) is 12.1 Å². The Balaban J connectivity index is 1.68. The van der Waals surface area contributed by atoms with Gasteiger partial charge in [0.15, 0.2) is 0 Å². The summed E-state index contributed by atoms with van der Waals surface area (Å²) in [5, 5.41) is 0.618. The van der Waals surface area contributed by atoms with Crippen molar-refractivity contribution in [1.82, 2.24) is 9.80 Å². The number of rotatable bonds is 4. The number of carbonyl (C=O) groups is 2. The van der Waals surface area contributed by atoms with Crippen molar-refractivity contribution in [2.45, 2.75) is 44.3 Å². The van der Waals surface area contributed by atoms with Crippen LogP contribution in [0.2, 0.25) is 5.02 Å². The number of hydrogen-bond donors (Lipinski definition) is 0. The van der Waals surface area contributed by atoms with Crippen LogP contribution < -0.4 is 0 Å². The van der Waals surface area contributed by atoms with Crippen LogP contribution in [0.4, 0.5) is 4.39 Å². The Labute approximate surface area is 168 Å². The van der Waals surface area contributed by atoms with Crippen molar-refractivity contribution in [2.75, 3.05) is 6.54 Å². The highest BCUT2D eigenvalue weighted by molar-refractivity contribution is 6.30. The minimum atomic E-state index is -0.738. The summed E-state index contributed by atoms with van der Waals surface area (Å²) >= 11 is 5.96. The van der Waals surface area contributed by atoms with E-state index in [2.05, 4.69) is 0 Å². The van der Waals surface area contributed by atoms with Crippen LogP contribution in [0.3, 0.4) is 0 Å². The molecule has 2 aromatic carbocycles. The molecule has 1 saturated carbocycles. The molecule has 0 spiro atoms. The molecule has 2 fully saturated rings. The Morgan fingerprint density at radius 3 is 2.25 bits per heavy atom. The molecular formula is C22H22ClFN2O2. The van der Waals surface area contributed by atoms with Crippen molar-refractivity contribution >= 4 is 23.4 Å². The van der Waals surface area contributed by atoms with Gasteiger partial charge < -0.3 is 9.80 Å². The third kappa shape index (κ3) is 3.76. The first-order valence-electron chi connectivity index (χ1n) is 9.63. The average molecular weight is 401 g/mol. The van der Waals surface area contributed by atoms with Gasteiger partial charge in [0.05, 0.1) is 0 Å². The van der Waals surface area contributed by atoms with E-state index in [0.29, 0.717) is 17.1 Å². The number of benzene rings is 2. The monoisotopic (exact) mass is 400 g/mol. The van der Waals surface area contributed by atoms with Crippen LogP contribution in [0.1, 0.15) is 42.9 Å². The van der Waals surface area contributed by atoms with Gasteiger partial charge in [0, 0.05) is 17.6 Å². The number of nitrogens with zero attached hydrogens (tertiary/aromatic N) is 2. The molecule has 0 unspecified atom stereocenters. The molecule has 146 valence electrons. The lowest BCUT2D eigenvalue weighted by atomic mass is 9.98. The van der Waals surface area contributed by atoms with Gasteiger partial charge in [-0.25, -0.2) is 4.39 Å². The second-order valence-corrected chi connectivity index (χ2v) is 7.94. The van der Waals surface area contributed by atoms with E-state index < -0.39 is 6.04 Å². The Hall–Kier alpha value is -2.40. The first-order valence-corrected chi connectivity index (χ1v) is 10.0. The molecule has 2 amide bonds. The minimum absolute atomic E-state index is 0.0768. The Morgan fingerprint density at radius 1 is 0.964 bits per heavy atom. The molecule has 0 bridgehead atoms. The highest BCUT2D eigenvalue weighted by atomic mass is 35.5. The van der Waals surface area contributed by atoms with E-state index in [9.17, 15) is 14.0 Å². The maximum absolute atomic E-state index is 13.4. The van der Waals surface area contributed by atoms with E-state index in [1.54, 1.807) is 34.1 Å². The predicted octanol–water partition coefficient (Wildman–Crippen LogP) is 4.33. The Kier molecular flexibility index (Phi) is 5.36. The Morgan fingerprint density at radius 2 is 1.61 bits per heavy atom. The SMILES string of the molecule is O=C1[C@@H](c2ccc(F)cc2)N(Cc2ccc(Cl)cc2)C(=O)CN1C1CCCC1. The van der Waals surface area contributed by atoms with E-state index in [0.717, 1.165) is 31.2 Å². The first-order chi connectivity index (χ1) is 13.5. The van der Waals surface area contributed by atoms with Gasteiger partial charge in [0.2, 0.25) is 5.91 Å². The highest BCUT2D eigenvalue weighted by Crippen LogP contribution is 2.34. The third-order valence-corrected chi connectivity index (χ3v) is 5.92. The fourth-order valence-electron chi connectivity index (χ4n) is 4.21. The first kappa shape index (κ1) is 18.9. The predicted molar refractivity (Wildman–Crippen MR) is 105 cm³/mol. The van der Waals surface area contributed by atoms with Crippen LogP contribution in [0.15, 0.2) is 48.5 Å². The van der Waals surface area contributed by atoms with E-state index in [4.69, 9.17) is 11.6 Å². The maximum Gasteiger partial charge on any atom is 0.250 e.